The number of hydrogen-bond donors (Lipinski definition) is 2. The number of nitrogens with one attached hydrogen (secondary N) is 2. The summed E-state index contributed by atoms with van der Waals surface area (Å²) >= 11 is 5.91. The maximum atomic E-state index is 12.0. The lowest BCUT2D eigenvalue weighted by atomic mass is 10.1. The lowest BCUT2D eigenvalue weighted by molar-refractivity contribution is -0.123. The molecule has 2 aromatic rings. The van der Waals surface area contributed by atoms with Crippen molar-refractivity contribution in [3.8, 4) is 5.75 Å². The van der Waals surface area contributed by atoms with E-state index in [9.17, 15) is 9.59 Å². The highest BCUT2D eigenvalue weighted by Gasteiger charge is 2.13. The number of ether oxygens (including phenoxy) is 1. The van der Waals surface area contributed by atoms with Gasteiger partial charge in [-0.15, -0.1) is 0 Å². The Balaban J connectivity index is 1.94. The number of aryl methyl sites for hydroxylation is 1. The molecule has 0 aliphatic heterocycles. The molecule has 0 unspecified atom stereocenters. The molecule has 0 aromatic heterocycles. The summed E-state index contributed by atoms with van der Waals surface area (Å²) in [5.74, 6) is -0.362. The van der Waals surface area contributed by atoms with E-state index in [1.54, 1.807) is 18.2 Å². The first kappa shape index (κ1) is 17.8. The Labute approximate surface area is 146 Å². The zero-order valence-electron chi connectivity index (χ0n) is 13.6. The van der Waals surface area contributed by atoms with Crippen LogP contribution >= 0.6 is 11.6 Å². The molecule has 0 bridgehead atoms. The molecule has 0 saturated carbocycles. The maximum absolute atomic E-state index is 12.0. The molecule has 24 heavy (non-hydrogen) atoms. The molecule has 0 aliphatic rings. The Hall–Kier alpha value is -2.53. The lowest BCUT2D eigenvalue weighted by Crippen LogP contribution is -2.21. The molecule has 0 atom stereocenters. The predicted octanol–water partition coefficient (Wildman–Crippen LogP) is 3.88. The van der Waals surface area contributed by atoms with Gasteiger partial charge in [-0.05, 0) is 42.3 Å². The number of halogens is 1. The van der Waals surface area contributed by atoms with Gasteiger partial charge in [-0.1, -0.05) is 30.7 Å². The number of rotatable bonds is 6. The van der Waals surface area contributed by atoms with Gasteiger partial charge in [-0.2, -0.15) is 0 Å². The number of methoxy groups -OCH3 is 1. The third kappa shape index (κ3) is 4.99. The molecule has 2 rings (SSSR count). The zero-order valence-corrected chi connectivity index (χ0v) is 14.3. The van der Waals surface area contributed by atoms with E-state index in [0.29, 0.717) is 22.1 Å². The van der Waals surface area contributed by atoms with Gasteiger partial charge in [-0.3, -0.25) is 9.59 Å². The third-order valence-electron chi connectivity index (χ3n) is 3.40. The molecular formula is C18H19ClN2O3. The van der Waals surface area contributed by atoms with Crippen molar-refractivity contribution in [2.45, 2.75) is 19.8 Å². The molecule has 0 spiro atoms. The predicted molar refractivity (Wildman–Crippen MR) is 95.7 cm³/mol. The Morgan fingerprint density at radius 2 is 1.71 bits per heavy atom. The summed E-state index contributed by atoms with van der Waals surface area (Å²) in [4.78, 5) is 24.0. The van der Waals surface area contributed by atoms with Gasteiger partial charge in [-0.25, -0.2) is 0 Å². The van der Waals surface area contributed by atoms with Crippen LogP contribution in [0.1, 0.15) is 18.9 Å². The van der Waals surface area contributed by atoms with E-state index in [4.69, 9.17) is 16.3 Å². The highest BCUT2D eigenvalue weighted by Crippen LogP contribution is 2.27. The van der Waals surface area contributed by atoms with Crippen molar-refractivity contribution < 1.29 is 14.3 Å². The van der Waals surface area contributed by atoms with E-state index in [1.165, 1.54) is 12.7 Å². The van der Waals surface area contributed by atoms with Gasteiger partial charge in [0.25, 0.3) is 0 Å². The Kier molecular flexibility index (Phi) is 6.21. The SMILES string of the molecule is CCc1ccc(NC(=O)CC(=O)Nc2cc(Cl)ccc2OC)cc1. The van der Waals surface area contributed by atoms with Crippen LogP contribution in [-0.2, 0) is 16.0 Å². The molecule has 126 valence electrons. The van der Waals surface area contributed by atoms with Gasteiger partial charge < -0.3 is 15.4 Å². The van der Waals surface area contributed by atoms with E-state index >= 15 is 0 Å². The normalized spacial score (nSPS) is 10.1. The van der Waals surface area contributed by atoms with Crippen molar-refractivity contribution in [3.05, 3.63) is 53.1 Å². The van der Waals surface area contributed by atoms with Gasteiger partial charge >= 0.3 is 0 Å². The molecule has 2 aromatic carbocycles. The van der Waals surface area contributed by atoms with Crippen LogP contribution < -0.4 is 15.4 Å². The number of benzene rings is 2. The molecule has 6 heteroatoms. The van der Waals surface area contributed by atoms with Crippen molar-refractivity contribution in [3.63, 3.8) is 0 Å². The smallest absolute Gasteiger partial charge is 0.233 e. The topological polar surface area (TPSA) is 67.4 Å². The maximum Gasteiger partial charge on any atom is 0.233 e. The standard InChI is InChI=1S/C18H19ClN2O3/c1-3-12-4-7-14(8-5-12)20-17(22)11-18(23)21-15-10-13(19)6-9-16(15)24-2/h4-10H,3,11H2,1-2H3,(H,20,22)(H,21,23). The van der Waals surface area contributed by atoms with Crippen LogP contribution in [0.4, 0.5) is 11.4 Å². The van der Waals surface area contributed by atoms with Crippen LogP contribution in [0.5, 0.6) is 5.75 Å². The van der Waals surface area contributed by atoms with E-state index < -0.39 is 11.8 Å². The summed E-state index contributed by atoms with van der Waals surface area (Å²) < 4.78 is 5.15. The number of carbonyl (C=O) groups excluding carboxylic acids is 2. The van der Waals surface area contributed by atoms with Crippen molar-refractivity contribution in [1.29, 1.82) is 0 Å². The number of hydrogen-bond acceptors (Lipinski definition) is 3. The Morgan fingerprint density at radius 1 is 1.04 bits per heavy atom. The summed E-state index contributed by atoms with van der Waals surface area (Å²) in [7, 11) is 1.49. The summed E-state index contributed by atoms with van der Waals surface area (Å²) in [5, 5.41) is 5.79. The highest BCUT2D eigenvalue weighted by atomic mass is 35.5. The average molecular weight is 347 g/mol. The van der Waals surface area contributed by atoms with Gasteiger partial charge in [0.1, 0.15) is 12.2 Å². The number of carbonyl (C=O) groups is 2. The van der Waals surface area contributed by atoms with E-state index in [2.05, 4.69) is 17.6 Å². The fourth-order valence-electron chi connectivity index (χ4n) is 2.15. The summed E-state index contributed by atoms with van der Waals surface area (Å²) in [5.41, 5.74) is 2.26. The molecule has 5 nitrogen and oxygen atoms in total. The number of amides is 2. The Morgan fingerprint density at radius 3 is 2.33 bits per heavy atom. The molecule has 0 saturated heterocycles. The van der Waals surface area contributed by atoms with Crippen LogP contribution in [0.25, 0.3) is 0 Å². The molecule has 0 fully saturated rings. The van der Waals surface area contributed by atoms with Crippen molar-refractivity contribution in [2.24, 2.45) is 0 Å². The first-order valence-electron chi connectivity index (χ1n) is 7.54. The molecule has 2 N–H and O–H groups in total. The zero-order chi connectivity index (χ0) is 17.5. The third-order valence-corrected chi connectivity index (χ3v) is 3.64. The van der Waals surface area contributed by atoms with Crippen LogP contribution in [-0.4, -0.2) is 18.9 Å². The molecule has 0 heterocycles. The van der Waals surface area contributed by atoms with Crippen LogP contribution in [0.15, 0.2) is 42.5 Å². The summed E-state index contributed by atoms with van der Waals surface area (Å²) in [6.45, 7) is 2.06. The van der Waals surface area contributed by atoms with Crippen molar-refractivity contribution >= 4 is 34.8 Å². The monoisotopic (exact) mass is 346 g/mol. The minimum Gasteiger partial charge on any atom is -0.495 e. The van der Waals surface area contributed by atoms with Gasteiger partial charge in [0.15, 0.2) is 0 Å². The second-order valence-corrected chi connectivity index (χ2v) is 5.60. The largest absolute Gasteiger partial charge is 0.495 e. The molecule has 0 radical (unpaired) electrons. The minimum absolute atomic E-state index is 0.300. The second-order valence-electron chi connectivity index (χ2n) is 5.17. The summed E-state index contributed by atoms with van der Waals surface area (Å²) in [6.07, 6.45) is 0.628. The quantitative estimate of drug-likeness (QED) is 0.780. The molecule has 0 aliphatic carbocycles. The van der Waals surface area contributed by atoms with Gasteiger partial charge in [0.05, 0.1) is 12.8 Å². The lowest BCUT2D eigenvalue weighted by Gasteiger charge is -2.11. The van der Waals surface area contributed by atoms with E-state index in [-0.39, 0.29) is 6.42 Å². The summed E-state index contributed by atoms with van der Waals surface area (Å²) in [6, 6.07) is 12.4. The Bertz CT molecular complexity index is 730. The average Bonchev–Trinajstić information content (AvgIpc) is 2.55. The van der Waals surface area contributed by atoms with Crippen molar-refractivity contribution in [1.82, 2.24) is 0 Å². The van der Waals surface area contributed by atoms with E-state index in [0.717, 1.165) is 6.42 Å². The van der Waals surface area contributed by atoms with Crippen LogP contribution in [0.3, 0.4) is 0 Å². The van der Waals surface area contributed by atoms with E-state index in [1.807, 2.05) is 24.3 Å². The molecular weight excluding hydrogens is 328 g/mol. The fourth-order valence-corrected chi connectivity index (χ4v) is 2.32. The minimum atomic E-state index is -0.446. The molecule has 2 amide bonds. The fraction of sp³-hybridized carbons (Fsp3) is 0.222. The number of anilines is 2. The first-order valence-corrected chi connectivity index (χ1v) is 7.91. The highest BCUT2D eigenvalue weighted by molar-refractivity contribution is 6.31. The van der Waals surface area contributed by atoms with Gasteiger partial charge in [0.2, 0.25) is 11.8 Å². The van der Waals surface area contributed by atoms with Gasteiger partial charge in [0, 0.05) is 10.7 Å². The van der Waals surface area contributed by atoms with Crippen LogP contribution in [0.2, 0.25) is 5.02 Å². The van der Waals surface area contributed by atoms with Crippen LogP contribution in [0, 0.1) is 0 Å². The first-order chi connectivity index (χ1) is 11.5. The van der Waals surface area contributed by atoms with Crippen molar-refractivity contribution in [2.75, 3.05) is 17.7 Å². The second kappa shape index (κ2) is 8.36.